The van der Waals surface area contributed by atoms with Gasteiger partial charge in [0.15, 0.2) is 5.96 Å². The van der Waals surface area contributed by atoms with Crippen LogP contribution in [0.1, 0.15) is 25.2 Å². The topological polar surface area (TPSA) is 61.8 Å². The molecule has 0 spiro atoms. The van der Waals surface area contributed by atoms with Crippen molar-refractivity contribution in [2.24, 2.45) is 10.9 Å². The van der Waals surface area contributed by atoms with E-state index in [4.69, 9.17) is 4.74 Å². The van der Waals surface area contributed by atoms with Crippen LogP contribution in [0.4, 0.5) is 0 Å². The minimum Gasteiger partial charge on any atom is -0.374 e. The highest BCUT2D eigenvalue weighted by molar-refractivity contribution is 5.79. The van der Waals surface area contributed by atoms with Crippen LogP contribution < -0.4 is 10.6 Å². The number of aliphatic imine (C=N–C) groups is 1. The minimum absolute atomic E-state index is 0.202. The Labute approximate surface area is 145 Å². The summed E-state index contributed by atoms with van der Waals surface area (Å²) < 4.78 is 5.86. The maximum Gasteiger partial charge on any atom is 0.191 e. The molecule has 0 saturated carbocycles. The number of hydrogen-bond acceptors (Lipinski definition) is 4. The van der Waals surface area contributed by atoms with Crippen LogP contribution in [0.15, 0.2) is 23.2 Å². The van der Waals surface area contributed by atoms with Gasteiger partial charge in [0.25, 0.3) is 0 Å². The zero-order chi connectivity index (χ0) is 17.4. The fraction of sp³-hybridized carbons (Fsp3) is 0.667. The smallest absolute Gasteiger partial charge is 0.191 e. The van der Waals surface area contributed by atoms with Gasteiger partial charge in [-0.2, -0.15) is 0 Å². The number of morpholine rings is 1. The number of hydrogen-bond donors (Lipinski definition) is 2. The summed E-state index contributed by atoms with van der Waals surface area (Å²) >= 11 is 0. The van der Waals surface area contributed by atoms with Gasteiger partial charge in [-0.15, -0.1) is 0 Å². The third kappa shape index (κ3) is 6.45. The summed E-state index contributed by atoms with van der Waals surface area (Å²) in [5.41, 5.74) is 2.04. The summed E-state index contributed by atoms with van der Waals surface area (Å²) in [6.45, 7) is 11.9. The monoisotopic (exact) mass is 333 g/mol. The molecule has 2 N–H and O–H groups in total. The Balaban J connectivity index is 1.75. The minimum atomic E-state index is 0.202. The lowest BCUT2D eigenvalue weighted by Crippen LogP contribution is -2.50. The molecule has 1 aliphatic heterocycles. The molecule has 0 aliphatic carbocycles. The molecule has 1 atom stereocenters. The third-order valence-electron chi connectivity index (χ3n) is 3.95. The number of pyridine rings is 1. The summed E-state index contributed by atoms with van der Waals surface area (Å²) in [4.78, 5) is 11.2. The average molecular weight is 333 g/mol. The predicted octanol–water partition coefficient (Wildman–Crippen LogP) is 1.41. The highest BCUT2D eigenvalue weighted by Gasteiger charge is 2.21. The molecule has 0 radical (unpaired) electrons. The normalized spacial score (nSPS) is 19.5. The Morgan fingerprint density at radius 1 is 1.42 bits per heavy atom. The largest absolute Gasteiger partial charge is 0.374 e. The zero-order valence-corrected chi connectivity index (χ0v) is 15.4. The van der Waals surface area contributed by atoms with E-state index in [1.807, 2.05) is 25.1 Å². The summed E-state index contributed by atoms with van der Waals surface area (Å²) in [5.74, 6) is 1.47. The molecule has 0 aromatic carbocycles. The Kier molecular flexibility index (Phi) is 7.46. The maximum atomic E-state index is 5.86. The molecule has 2 rings (SSSR count). The number of ether oxygens (including phenoxy) is 1. The molecular formula is C18H31N5O. The van der Waals surface area contributed by atoms with Crippen molar-refractivity contribution in [1.82, 2.24) is 20.5 Å². The van der Waals surface area contributed by atoms with E-state index in [2.05, 4.69) is 39.4 Å². The molecule has 0 amide bonds. The number of guanidine groups is 1. The lowest BCUT2D eigenvalue weighted by Gasteiger charge is -2.34. The first-order valence-electron chi connectivity index (χ1n) is 8.78. The summed E-state index contributed by atoms with van der Waals surface area (Å²) in [6, 6.07) is 6.04. The molecule has 2 heterocycles. The fourth-order valence-corrected chi connectivity index (χ4v) is 2.89. The van der Waals surface area contributed by atoms with Crippen molar-refractivity contribution in [3.63, 3.8) is 0 Å². The van der Waals surface area contributed by atoms with Crippen molar-refractivity contribution in [1.29, 1.82) is 0 Å². The molecular weight excluding hydrogens is 302 g/mol. The van der Waals surface area contributed by atoms with E-state index in [0.29, 0.717) is 12.5 Å². The van der Waals surface area contributed by atoms with E-state index in [1.54, 1.807) is 7.05 Å². The lowest BCUT2D eigenvalue weighted by atomic mass is 10.2. The molecule has 1 unspecified atom stereocenters. The zero-order valence-electron chi connectivity index (χ0n) is 15.4. The fourth-order valence-electron chi connectivity index (χ4n) is 2.89. The van der Waals surface area contributed by atoms with Crippen LogP contribution in [-0.4, -0.2) is 61.8 Å². The molecule has 1 fully saturated rings. The standard InChI is InChI=1S/C18H31N5O/c1-14(2)12-23-8-9-24-17(13-23)11-21-18(19-4)20-10-16-7-5-6-15(3)22-16/h5-7,14,17H,8-13H2,1-4H3,(H2,19,20,21). The Morgan fingerprint density at radius 3 is 2.96 bits per heavy atom. The van der Waals surface area contributed by atoms with Crippen molar-refractivity contribution in [2.45, 2.75) is 33.4 Å². The first kappa shape index (κ1) is 18.7. The number of aryl methyl sites for hydroxylation is 1. The van der Waals surface area contributed by atoms with Crippen molar-refractivity contribution in [3.8, 4) is 0 Å². The Bertz CT molecular complexity index is 532. The summed E-state index contributed by atoms with van der Waals surface area (Å²) in [6.07, 6.45) is 0.202. The third-order valence-corrected chi connectivity index (χ3v) is 3.95. The molecule has 1 saturated heterocycles. The second-order valence-corrected chi connectivity index (χ2v) is 6.72. The molecule has 6 heteroatoms. The Hall–Kier alpha value is -1.66. The predicted molar refractivity (Wildman–Crippen MR) is 98.2 cm³/mol. The second-order valence-electron chi connectivity index (χ2n) is 6.72. The van der Waals surface area contributed by atoms with Crippen molar-refractivity contribution >= 4 is 5.96 Å². The first-order chi connectivity index (χ1) is 11.6. The van der Waals surface area contributed by atoms with Crippen molar-refractivity contribution < 1.29 is 4.74 Å². The highest BCUT2D eigenvalue weighted by Crippen LogP contribution is 2.07. The maximum absolute atomic E-state index is 5.86. The van der Waals surface area contributed by atoms with Crippen LogP contribution in [0.5, 0.6) is 0 Å². The SMILES string of the molecule is CN=C(NCc1cccc(C)n1)NCC1CN(CC(C)C)CCO1. The molecule has 6 nitrogen and oxygen atoms in total. The van der Waals surface area contributed by atoms with E-state index in [1.165, 1.54) is 0 Å². The summed E-state index contributed by atoms with van der Waals surface area (Å²) in [7, 11) is 1.78. The summed E-state index contributed by atoms with van der Waals surface area (Å²) in [5, 5.41) is 6.66. The molecule has 1 aromatic heterocycles. The van der Waals surface area contributed by atoms with Gasteiger partial charge in [-0.25, -0.2) is 0 Å². The van der Waals surface area contributed by atoms with Gasteiger partial charge in [-0.1, -0.05) is 19.9 Å². The quantitative estimate of drug-likeness (QED) is 0.609. The van der Waals surface area contributed by atoms with Gasteiger partial charge in [0, 0.05) is 38.9 Å². The van der Waals surface area contributed by atoms with E-state index in [0.717, 1.165) is 50.1 Å². The van der Waals surface area contributed by atoms with Crippen LogP contribution >= 0.6 is 0 Å². The number of nitrogens with one attached hydrogen (secondary N) is 2. The van der Waals surface area contributed by atoms with Gasteiger partial charge in [-0.3, -0.25) is 14.9 Å². The number of rotatable bonds is 6. The van der Waals surface area contributed by atoms with Crippen LogP contribution in [0, 0.1) is 12.8 Å². The van der Waals surface area contributed by atoms with Gasteiger partial charge in [0.05, 0.1) is 24.9 Å². The van der Waals surface area contributed by atoms with E-state index < -0.39 is 0 Å². The Morgan fingerprint density at radius 2 is 2.25 bits per heavy atom. The molecule has 0 bridgehead atoms. The van der Waals surface area contributed by atoms with E-state index in [9.17, 15) is 0 Å². The number of aromatic nitrogens is 1. The second kappa shape index (κ2) is 9.59. The van der Waals surface area contributed by atoms with Crippen LogP contribution in [0.25, 0.3) is 0 Å². The van der Waals surface area contributed by atoms with Crippen LogP contribution in [0.3, 0.4) is 0 Å². The molecule has 1 aliphatic rings. The van der Waals surface area contributed by atoms with Gasteiger partial charge in [0.2, 0.25) is 0 Å². The van der Waals surface area contributed by atoms with Crippen LogP contribution in [-0.2, 0) is 11.3 Å². The average Bonchev–Trinajstić information content (AvgIpc) is 2.55. The van der Waals surface area contributed by atoms with Crippen molar-refractivity contribution in [3.05, 3.63) is 29.6 Å². The van der Waals surface area contributed by atoms with E-state index >= 15 is 0 Å². The van der Waals surface area contributed by atoms with E-state index in [-0.39, 0.29) is 6.10 Å². The van der Waals surface area contributed by atoms with Crippen molar-refractivity contribution in [2.75, 3.05) is 39.8 Å². The number of nitrogens with zero attached hydrogens (tertiary/aromatic N) is 3. The van der Waals surface area contributed by atoms with Gasteiger partial charge < -0.3 is 15.4 Å². The molecule has 24 heavy (non-hydrogen) atoms. The lowest BCUT2D eigenvalue weighted by molar-refractivity contribution is -0.0284. The van der Waals surface area contributed by atoms with Gasteiger partial charge >= 0.3 is 0 Å². The molecule has 1 aromatic rings. The van der Waals surface area contributed by atoms with Gasteiger partial charge in [0.1, 0.15) is 0 Å². The first-order valence-corrected chi connectivity index (χ1v) is 8.78. The van der Waals surface area contributed by atoms with Gasteiger partial charge in [-0.05, 0) is 25.0 Å². The molecule has 134 valence electrons. The highest BCUT2D eigenvalue weighted by atomic mass is 16.5. The van der Waals surface area contributed by atoms with Crippen LogP contribution in [0.2, 0.25) is 0 Å².